The lowest BCUT2D eigenvalue weighted by Crippen LogP contribution is -2.46. The molecule has 114 valence electrons. The number of hydrogen-bond donors (Lipinski definition) is 1. The number of benzene rings is 1. The van der Waals surface area contributed by atoms with Crippen molar-refractivity contribution in [2.45, 2.75) is 25.1 Å². The lowest BCUT2D eigenvalue weighted by Gasteiger charge is -2.37. The van der Waals surface area contributed by atoms with E-state index in [-0.39, 0.29) is 6.61 Å². The van der Waals surface area contributed by atoms with Gasteiger partial charge in [0.25, 0.3) is 0 Å². The van der Waals surface area contributed by atoms with Gasteiger partial charge in [0.15, 0.2) is 0 Å². The molecule has 1 heterocycles. The Kier molecular flexibility index (Phi) is 6.44. The first-order valence-corrected chi connectivity index (χ1v) is 8.44. The van der Waals surface area contributed by atoms with Crippen molar-refractivity contribution < 1.29 is 9.84 Å². The van der Waals surface area contributed by atoms with Crippen LogP contribution in [0.2, 0.25) is 0 Å². The lowest BCUT2D eigenvalue weighted by molar-refractivity contribution is 0.170. The summed E-state index contributed by atoms with van der Waals surface area (Å²) in [5.41, 5.74) is 0.873. The molecule has 0 saturated carbocycles. The second-order valence-corrected chi connectivity index (χ2v) is 6.67. The second-order valence-electron chi connectivity index (χ2n) is 5.19. The summed E-state index contributed by atoms with van der Waals surface area (Å²) in [5.74, 6) is 7.59. The third kappa shape index (κ3) is 4.96. The van der Waals surface area contributed by atoms with Crippen molar-refractivity contribution in [3.63, 3.8) is 0 Å². The molecule has 2 rings (SSSR count). The van der Waals surface area contributed by atoms with E-state index in [2.05, 4.69) is 42.4 Å². The Hall–Kier alpha value is -1.15. The molecule has 3 nitrogen and oxygen atoms in total. The normalized spacial score (nSPS) is 22.4. The van der Waals surface area contributed by atoms with Gasteiger partial charge in [-0.3, -0.25) is 4.90 Å². The maximum absolute atomic E-state index is 8.72. The average molecular weight is 305 g/mol. The fourth-order valence-corrected chi connectivity index (χ4v) is 3.56. The fourth-order valence-electron chi connectivity index (χ4n) is 2.40. The molecule has 4 heteroatoms. The van der Waals surface area contributed by atoms with Crippen molar-refractivity contribution in [3.8, 4) is 17.6 Å². The van der Waals surface area contributed by atoms with Crippen LogP contribution in [0, 0.1) is 11.8 Å². The molecule has 21 heavy (non-hydrogen) atoms. The summed E-state index contributed by atoms with van der Waals surface area (Å²) in [7, 11) is 0. The van der Waals surface area contributed by atoms with Crippen LogP contribution < -0.4 is 4.74 Å². The minimum Gasteiger partial charge on any atom is -0.492 e. The van der Waals surface area contributed by atoms with E-state index in [1.165, 1.54) is 5.75 Å². The minimum absolute atomic E-state index is 0.117. The summed E-state index contributed by atoms with van der Waals surface area (Å²) in [6.45, 7) is 7.26. The highest BCUT2D eigenvalue weighted by Crippen LogP contribution is 2.23. The van der Waals surface area contributed by atoms with Crippen molar-refractivity contribution in [2.24, 2.45) is 0 Å². The molecule has 1 N–H and O–H groups in total. The van der Waals surface area contributed by atoms with Gasteiger partial charge in [0.1, 0.15) is 19.0 Å². The molecule has 2 unspecified atom stereocenters. The second kappa shape index (κ2) is 8.33. The van der Waals surface area contributed by atoms with E-state index in [4.69, 9.17) is 9.84 Å². The highest BCUT2D eigenvalue weighted by molar-refractivity contribution is 8.00. The van der Waals surface area contributed by atoms with E-state index in [1.54, 1.807) is 0 Å². The first-order chi connectivity index (χ1) is 10.2. The standard InChI is InChI=1S/C17H23NO2S/c1-14-15(2)21-12-9-18(14)8-11-20-17-7-3-5-16(13-17)6-4-10-19/h3,5,7,13-15,19H,8-12H2,1-2H3. The number of aliphatic hydroxyl groups excluding tert-OH is 1. The molecule has 2 atom stereocenters. The number of rotatable bonds is 4. The van der Waals surface area contributed by atoms with Gasteiger partial charge in [-0.25, -0.2) is 0 Å². The number of thioether (sulfide) groups is 1. The minimum atomic E-state index is -0.117. The van der Waals surface area contributed by atoms with Gasteiger partial charge in [0, 0.05) is 35.7 Å². The molecule has 0 spiro atoms. The van der Waals surface area contributed by atoms with E-state index in [0.29, 0.717) is 17.9 Å². The molecule has 1 aliphatic rings. The van der Waals surface area contributed by atoms with Crippen molar-refractivity contribution in [2.75, 3.05) is 32.1 Å². The zero-order valence-corrected chi connectivity index (χ0v) is 13.5. The van der Waals surface area contributed by atoms with Gasteiger partial charge < -0.3 is 9.84 Å². The number of ether oxygens (including phenoxy) is 1. The van der Waals surface area contributed by atoms with Gasteiger partial charge in [-0.05, 0) is 25.1 Å². The van der Waals surface area contributed by atoms with Gasteiger partial charge in [-0.1, -0.05) is 24.8 Å². The SMILES string of the molecule is CC1SCCN(CCOc2cccc(C#CCO)c2)C1C. The summed E-state index contributed by atoms with van der Waals surface area (Å²) >= 11 is 2.05. The quantitative estimate of drug-likeness (QED) is 0.865. The van der Waals surface area contributed by atoms with Crippen LogP contribution in [-0.2, 0) is 0 Å². The van der Waals surface area contributed by atoms with Crippen molar-refractivity contribution >= 4 is 11.8 Å². The third-order valence-electron chi connectivity index (χ3n) is 3.81. The van der Waals surface area contributed by atoms with Crippen molar-refractivity contribution in [1.82, 2.24) is 4.90 Å². The zero-order valence-electron chi connectivity index (χ0n) is 12.7. The van der Waals surface area contributed by atoms with Crippen molar-refractivity contribution in [1.29, 1.82) is 0 Å². The van der Waals surface area contributed by atoms with E-state index >= 15 is 0 Å². The molecule has 1 fully saturated rings. The molecule has 1 aromatic carbocycles. The van der Waals surface area contributed by atoms with Crippen LogP contribution in [0.1, 0.15) is 19.4 Å². The molecule has 0 bridgehead atoms. The molecule has 1 aromatic rings. The van der Waals surface area contributed by atoms with Crippen LogP contribution in [-0.4, -0.2) is 53.4 Å². The number of nitrogens with zero attached hydrogens (tertiary/aromatic N) is 1. The number of aliphatic hydroxyl groups is 1. The maximum Gasteiger partial charge on any atom is 0.120 e. The summed E-state index contributed by atoms with van der Waals surface area (Å²) in [6.07, 6.45) is 0. The van der Waals surface area contributed by atoms with Gasteiger partial charge in [-0.2, -0.15) is 11.8 Å². The molecule has 1 saturated heterocycles. The fraction of sp³-hybridized carbons (Fsp3) is 0.529. The maximum atomic E-state index is 8.72. The van der Waals surface area contributed by atoms with Crippen LogP contribution in [0.3, 0.4) is 0 Å². The number of hydrogen-bond acceptors (Lipinski definition) is 4. The van der Waals surface area contributed by atoms with Gasteiger partial charge in [0.2, 0.25) is 0 Å². The van der Waals surface area contributed by atoms with E-state index in [9.17, 15) is 0 Å². The Morgan fingerprint density at radius 2 is 2.29 bits per heavy atom. The Balaban J connectivity index is 1.83. The van der Waals surface area contributed by atoms with Gasteiger partial charge >= 0.3 is 0 Å². The van der Waals surface area contributed by atoms with Crippen LogP contribution in [0.15, 0.2) is 24.3 Å². The Morgan fingerprint density at radius 1 is 1.43 bits per heavy atom. The molecule has 0 aromatic heterocycles. The van der Waals surface area contributed by atoms with Crippen LogP contribution >= 0.6 is 11.8 Å². The lowest BCUT2D eigenvalue weighted by atomic mass is 10.2. The summed E-state index contributed by atoms with van der Waals surface area (Å²) in [6, 6.07) is 8.32. The van der Waals surface area contributed by atoms with Crippen LogP contribution in [0.25, 0.3) is 0 Å². The first-order valence-electron chi connectivity index (χ1n) is 7.39. The first kappa shape index (κ1) is 16.2. The Morgan fingerprint density at radius 3 is 3.10 bits per heavy atom. The molecule has 0 radical (unpaired) electrons. The average Bonchev–Trinajstić information content (AvgIpc) is 2.50. The van der Waals surface area contributed by atoms with Crippen molar-refractivity contribution in [3.05, 3.63) is 29.8 Å². The van der Waals surface area contributed by atoms with E-state index in [0.717, 1.165) is 24.4 Å². The highest BCUT2D eigenvalue weighted by atomic mass is 32.2. The highest BCUT2D eigenvalue weighted by Gasteiger charge is 2.24. The predicted octanol–water partition coefficient (Wildman–Crippen LogP) is 2.24. The summed E-state index contributed by atoms with van der Waals surface area (Å²) in [5, 5.41) is 9.41. The predicted molar refractivity (Wildman–Crippen MR) is 88.9 cm³/mol. The Bertz CT molecular complexity index is 509. The largest absolute Gasteiger partial charge is 0.492 e. The molecule has 1 aliphatic heterocycles. The summed E-state index contributed by atoms with van der Waals surface area (Å²) in [4.78, 5) is 2.50. The zero-order chi connectivity index (χ0) is 15.1. The van der Waals surface area contributed by atoms with E-state index in [1.807, 2.05) is 24.3 Å². The van der Waals surface area contributed by atoms with Crippen LogP contribution in [0.5, 0.6) is 5.75 Å². The molecule has 0 aliphatic carbocycles. The molecular formula is C17H23NO2S. The summed E-state index contributed by atoms with van der Waals surface area (Å²) < 4.78 is 5.83. The molecule has 0 amide bonds. The van der Waals surface area contributed by atoms with E-state index < -0.39 is 0 Å². The molecular weight excluding hydrogens is 282 g/mol. The van der Waals surface area contributed by atoms with Crippen LogP contribution in [0.4, 0.5) is 0 Å². The topological polar surface area (TPSA) is 32.7 Å². The monoisotopic (exact) mass is 305 g/mol. The third-order valence-corrected chi connectivity index (χ3v) is 5.15. The smallest absolute Gasteiger partial charge is 0.120 e. The van der Waals surface area contributed by atoms with Gasteiger partial charge in [0.05, 0.1) is 0 Å². The Labute approximate surface area is 131 Å². The van der Waals surface area contributed by atoms with Gasteiger partial charge in [-0.15, -0.1) is 0 Å².